The number of rotatable bonds is 6. The predicted octanol–water partition coefficient (Wildman–Crippen LogP) is 4.49. The van der Waals surface area contributed by atoms with Crippen molar-refractivity contribution in [2.24, 2.45) is 0 Å². The van der Waals surface area contributed by atoms with Crippen molar-refractivity contribution < 1.29 is 9.84 Å². The Morgan fingerprint density at radius 1 is 1.07 bits per heavy atom. The maximum Gasteiger partial charge on any atom is 0.138 e. The number of likely N-dealkylation sites (N-methyl/N-ethyl adjacent to an activating group) is 1. The number of pyridine rings is 1. The molecule has 1 saturated heterocycles. The van der Waals surface area contributed by atoms with E-state index < -0.39 is 0 Å². The maximum atomic E-state index is 8.95. The van der Waals surface area contributed by atoms with E-state index in [1.54, 1.807) is 0 Å². The summed E-state index contributed by atoms with van der Waals surface area (Å²) in [6.07, 6.45) is 0. The van der Waals surface area contributed by atoms with E-state index in [4.69, 9.17) is 26.4 Å². The molecule has 1 N–H and O–H groups in total. The Balaban J connectivity index is 0.00000256. The minimum Gasteiger partial charge on any atom is -0.490 e. The van der Waals surface area contributed by atoms with Gasteiger partial charge in [0.25, 0.3) is 0 Å². The summed E-state index contributed by atoms with van der Waals surface area (Å²) in [4.78, 5) is 9.90. The van der Waals surface area contributed by atoms with Gasteiger partial charge in [-0.1, -0.05) is 42.8 Å². The first-order chi connectivity index (χ1) is 14.2. The molecule has 30 heavy (non-hydrogen) atoms. The fraction of sp³-hybridized carbons (Fsp3) is 0.348. The first-order valence-corrected chi connectivity index (χ1v) is 10.5. The van der Waals surface area contributed by atoms with Gasteiger partial charge in [0.05, 0.1) is 17.3 Å². The molecule has 0 saturated carbocycles. The fourth-order valence-electron chi connectivity index (χ4n) is 3.78. The molecule has 7 heteroatoms. The van der Waals surface area contributed by atoms with Gasteiger partial charge in [0, 0.05) is 37.1 Å². The van der Waals surface area contributed by atoms with Crippen LogP contribution < -0.4 is 9.64 Å². The zero-order valence-corrected chi connectivity index (χ0v) is 18.6. The third kappa shape index (κ3) is 4.81. The van der Waals surface area contributed by atoms with Crippen molar-refractivity contribution in [1.82, 2.24) is 9.88 Å². The highest BCUT2D eigenvalue weighted by Gasteiger charge is 2.20. The lowest BCUT2D eigenvalue weighted by molar-refractivity contribution is 0.201. The Morgan fingerprint density at radius 2 is 1.83 bits per heavy atom. The number of hydrogen-bond acceptors (Lipinski definition) is 5. The third-order valence-corrected chi connectivity index (χ3v) is 5.71. The molecule has 160 valence electrons. The molecule has 0 radical (unpaired) electrons. The molecule has 1 aromatic heterocycles. The highest BCUT2D eigenvalue weighted by molar-refractivity contribution is 6.32. The average Bonchev–Trinajstić information content (AvgIpc) is 2.77. The molecular weight excluding hydrogens is 421 g/mol. The second-order valence-corrected chi connectivity index (χ2v) is 7.60. The van der Waals surface area contributed by atoms with Crippen LogP contribution in [0, 0.1) is 0 Å². The number of ether oxygens (including phenoxy) is 1. The molecule has 0 amide bonds. The van der Waals surface area contributed by atoms with E-state index >= 15 is 0 Å². The Bertz CT molecular complexity index is 991. The molecule has 1 fully saturated rings. The number of aliphatic hydroxyl groups is 1. The van der Waals surface area contributed by atoms with Crippen LogP contribution in [0.25, 0.3) is 22.0 Å². The molecule has 1 aliphatic heterocycles. The SMILES string of the molecule is CCN1CCN(c2nc(-c3ccc(OCCO)c(Cl)c3)cc3ccccc23)CC1.Cl. The van der Waals surface area contributed by atoms with Crippen molar-refractivity contribution in [1.29, 1.82) is 0 Å². The summed E-state index contributed by atoms with van der Waals surface area (Å²) in [5.41, 5.74) is 1.85. The smallest absolute Gasteiger partial charge is 0.138 e. The van der Waals surface area contributed by atoms with E-state index in [0.717, 1.165) is 49.8 Å². The molecule has 5 nitrogen and oxygen atoms in total. The highest BCUT2D eigenvalue weighted by atomic mass is 35.5. The number of aromatic nitrogens is 1. The minimum absolute atomic E-state index is 0. The largest absolute Gasteiger partial charge is 0.490 e. The van der Waals surface area contributed by atoms with E-state index in [-0.39, 0.29) is 25.6 Å². The molecule has 0 unspecified atom stereocenters. The zero-order chi connectivity index (χ0) is 20.2. The number of anilines is 1. The molecule has 0 atom stereocenters. The van der Waals surface area contributed by atoms with Crippen LogP contribution in [0.3, 0.4) is 0 Å². The van der Waals surface area contributed by atoms with Gasteiger partial charge in [0.1, 0.15) is 18.2 Å². The van der Waals surface area contributed by atoms with Gasteiger partial charge in [-0.3, -0.25) is 0 Å². The molecule has 0 spiro atoms. The van der Waals surface area contributed by atoms with E-state index in [2.05, 4.69) is 47.1 Å². The summed E-state index contributed by atoms with van der Waals surface area (Å²) in [5, 5.41) is 11.8. The average molecular weight is 448 g/mol. The third-order valence-electron chi connectivity index (χ3n) is 5.42. The van der Waals surface area contributed by atoms with Gasteiger partial charge < -0.3 is 19.6 Å². The van der Waals surface area contributed by atoms with Crippen molar-refractivity contribution in [3.63, 3.8) is 0 Å². The van der Waals surface area contributed by atoms with Crippen LogP contribution in [-0.2, 0) is 0 Å². The van der Waals surface area contributed by atoms with Crippen LogP contribution in [-0.4, -0.2) is 60.9 Å². The van der Waals surface area contributed by atoms with E-state index in [1.165, 1.54) is 10.8 Å². The van der Waals surface area contributed by atoms with Crippen molar-refractivity contribution in [2.75, 3.05) is 50.8 Å². The number of piperazine rings is 1. The van der Waals surface area contributed by atoms with Crippen LogP contribution in [0.2, 0.25) is 5.02 Å². The van der Waals surface area contributed by atoms with E-state index in [1.807, 2.05) is 18.2 Å². The number of aliphatic hydroxyl groups excluding tert-OH is 1. The quantitative estimate of drug-likeness (QED) is 0.602. The van der Waals surface area contributed by atoms with Crippen LogP contribution in [0.15, 0.2) is 48.5 Å². The topological polar surface area (TPSA) is 48.8 Å². The first-order valence-electron chi connectivity index (χ1n) is 10.1. The lowest BCUT2D eigenvalue weighted by Gasteiger charge is -2.35. The number of halogens is 2. The van der Waals surface area contributed by atoms with Crippen molar-refractivity contribution in [3.05, 3.63) is 53.6 Å². The van der Waals surface area contributed by atoms with Crippen molar-refractivity contribution in [2.45, 2.75) is 6.92 Å². The second kappa shape index (κ2) is 10.3. The number of hydrogen-bond donors (Lipinski definition) is 1. The molecule has 0 bridgehead atoms. The standard InChI is InChI=1S/C23H26ClN3O2.ClH/c1-2-26-9-11-27(12-10-26)23-19-6-4-3-5-17(19)16-21(25-23)18-7-8-22(20(24)15-18)29-14-13-28;/h3-8,15-16,28H,2,9-14H2,1H3;1H. The Hall–Kier alpha value is -2.05. The molecule has 1 aliphatic rings. The van der Waals surface area contributed by atoms with E-state index in [0.29, 0.717) is 10.8 Å². The van der Waals surface area contributed by atoms with Crippen LogP contribution in [0.5, 0.6) is 5.75 Å². The fourth-order valence-corrected chi connectivity index (χ4v) is 4.01. The van der Waals surface area contributed by atoms with Crippen LogP contribution in [0.4, 0.5) is 5.82 Å². The summed E-state index contributed by atoms with van der Waals surface area (Å²) in [6.45, 7) is 7.54. The van der Waals surface area contributed by atoms with Gasteiger partial charge >= 0.3 is 0 Å². The molecule has 3 aromatic rings. The second-order valence-electron chi connectivity index (χ2n) is 7.19. The highest BCUT2D eigenvalue weighted by Crippen LogP contribution is 2.34. The zero-order valence-electron chi connectivity index (χ0n) is 17.1. The van der Waals surface area contributed by atoms with Gasteiger partial charge in [0.15, 0.2) is 0 Å². The molecule has 2 heterocycles. The monoisotopic (exact) mass is 447 g/mol. The van der Waals surface area contributed by atoms with Gasteiger partial charge in [-0.25, -0.2) is 4.98 Å². The molecule has 4 rings (SSSR count). The van der Waals surface area contributed by atoms with Crippen molar-refractivity contribution >= 4 is 40.6 Å². The van der Waals surface area contributed by atoms with Gasteiger partial charge in [-0.15, -0.1) is 12.4 Å². The Kier molecular flexibility index (Phi) is 7.78. The Labute approximate surface area is 188 Å². The van der Waals surface area contributed by atoms with Gasteiger partial charge in [-0.2, -0.15) is 0 Å². The summed E-state index contributed by atoms with van der Waals surface area (Å²) < 4.78 is 5.47. The summed E-state index contributed by atoms with van der Waals surface area (Å²) in [7, 11) is 0. The number of benzene rings is 2. The number of fused-ring (bicyclic) bond motifs is 1. The molecule has 0 aliphatic carbocycles. The lowest BCUT2D eigenvalue weighted by atomic mass is 10.1. The first kappa shape index (κ1) is 22.6. The normalized spacial score (nSPS) is 14.6. The summed E-state index contributed by atoms with van der Waals surface area (Å²) >= 11 is 6.40. The predicted molar refractivity (Wildman–Crippen MR) is 126 cm³/mol. The van der Waals surface area contributed by atoms with Crippen molar-refractivity contribution in [3.8, 4) is 17.0 Å². The minimum atomic E-state index is -0.0427. The Morgan fingerprint density at radius 3 is 2.53 bits per heavy atom. The lowest BCUT2D eigenvalue weighted by Crippen LogP contribution is -2.46. The summed E-state index contributed by atoms with van der Waals surface area (Å²) in [6, 6.07) is 16.2. The summed E-state index contributed by atoms with van der Waals surface area (Å²) in [5.74, 6) is 1.60. The van der Waals surface area contributed by atoms with Gasteiger partial charge in [0.2, 0.25) is 0 Å². The maximum absolute atomic E-state index is 8.95. The van der Waals surface area contributed by atoms with Crippen LogP contribution >= 0.6 is 24.0 Å². The molecule has 2 aromatic carbocycles. The van der Waals surface area contributed by atoms with Crippen LogP contribution in [0.1, 0.15) is 6.92 Å². The van der Waals surface area contributed by atoms with E-state index in [9.17, 15) is 0 Å². The number of nitrogens with zero attached hydrogens (tertiary/aromatic N) is 3. The molecular formula is C23H27Cl2N3O2. The van der Waals surface area contributed by atoms with Gasteiger partial charge in [-0.05, 0) is 36.2 Å².